The summed E-state index contributed by atoms with van der Waals surface area (Å²) in [5.41, 5.74) is 0.717. The molecule has 0 radical (unpaired) electrons. The summed E-state index contributed by atoms with van der Waals surface area (Å²) in [5.74, 6) is 0.429. The number of rotatable bonds is 4. The molecule has 0 spiro atoms. The minimum atomic E-state index is -0.550. The fourth-order valence-corrected chi connectivity index (χ4v) is 3.17. The van der Waals surface area contributed by atoms with Gasteiger partial charge in [0.2, 0.25) is 0 Å². The lowest BCUT2D eigenvalue weighted by atomic mass is 10.2. The number of para-hydroxylation sites is 1. The van der Waals surface area contributed by atoms with Gasteiger partial charge in [0.25, 0.3) is 5.89 Å². The minimum absolute atomic E-state index is 0.00771. The smallest absolute Gasteiger partial charge is 0.261 e. The first-order valence-corrected chi connectivity index (χ1v) is 8.33. The van der Waals surface area contributed by atoms with Crippen molar-refractivity contribution in [2.24, 2.45) is 0 Å². The van der Waals surface area contributed by atoms with Gasteiger partial charge >= 0.3 is 0 Å². The van der Waals surface area contributed by atoms with Gasteiger partial charge < -0.3 is 14.7 Å². The van der Waals surface area contributed by atoms with Gasteiger partial charge in [-0.2, -0.15) is 4.98 Å². The molecule has 1 aromatic carbocycles. The fraction of sp³-hybridized carbons (Fsp3) is 0.278. The fourth-order valence-electron chi connectivity index (χ4n) is 3.17. The summed E-state index contributed by atoms with van der Waals surface area (Å²) in [5, 5.41) is 7.13. The third-order valence-electron chi connectivity index (χ3n) is 4.35. The topological polar surface area (TPSA) is 67.1 Å². The molecule has 26 heavy (non-hydrogen) atoms. The van der Waals surface area contributed by atoms with Gasteiger partial charge in [-0.05, 0) is 37.6 Å². The largest absolute Gasteiger partial charge is 0.365 e. The van der Waals surface area contributed by atoms with Crippen LogP contribution in [0.15, 0.2) is 41.1 Å². The molecule has 1 N–H and O–H groups in total. The molecule has 2 aromatic heterocycles. The number of hydrogen-bond acceptors (Lipinski definition) is 6. The molecule has 1 saturated heterocycles. The van der Waals surface area contributed by atoms with Crippen LogP contribution in [0.1, 0.15) is 12.2 Å². The second kappa shape index (κ2) is 6.70. The molecule has 1 atom stereocenters. The summed E-state index contributed by atoms with van der Waals surface area (Å²) in [6, 6.07) is 7.53. The van der Waals surface area contributed by atoms with Crippen LogP contribution in [0, 0.1) is 18.6 Å². The predicted octanol–water partition coefficient (Wildman–Crippen LogP) is 3.41. The standard InChI is InChI=1S/C18H17F2N5O/c1-11-22-18(26-24-11)13-4-3-8-21-17(13)23-12-7-9-25(10-12)16-14(19)5-2-6-15(16)20/h2-6,8,12H,7,9-10H2,1H3,(H,21,23)/t12-/m0/s1. The molecule has 6 nitrogen and oxygen atoms in total. The summed E-state index contributed by atoms with van der Waals surface area (Å²) < 4.78 is 33.2. The van der Waals surface area contributed by atoms with Gasteiger partial charge in [0.15, 0.2) is 5.82 Å². The predicted molar refractivity (Wildman–Crippen MR) is 92.9 cm³/mol. The van der Waals surface area contributed by atoms with Crippen molar-refractivity contribution in [1.82, 2.24) is 15.1 Å². The summed E-state index contributed by atoms with van der Waals surface area (Å²) in [6.45, 7) is 2.77. The minimum Gasteiger partial charge on any atom is -0.365 e. The lowest BCUT2D eigenvalue weighted by Crippen LogP contribution is -2.27. The quantitative estimate of drug-likeness (QED) is 0.772. The number of nitrogens with zero attached hydrogens (tertiary/aromatic N) is 4. The van der Waals surface area contributed by atoms with Crippen molar-refractivity contribution >= 4 is 11.5 Å². The molecule has 0 bridgehead atoms. The third-order valence-corrected chi connectivity index (χ3v) is 4.35. The lowest BCUT2D eigenvalue weighted by molar-refractivity contribution is 0.425. The number of hydrogen-bond donors (Lipinski definition) is 1. The first-order chi connectivity index (χ1) is 12.6. The molecule has 0 aliphatic carbocycles. The van der Waals surface area contributed by atoms with Gasteiger partial charge in [-0.25, -0.2) is 13.8 Å². The summed E-state index contributed by atoms with van der Waals surface area (Å²) >= 11 is 0. The highest BCUT2D eigenvalue weighted by Gasteiger charge is 2.27. The van der Waals surface area contributed by atoms with Crippen molar-refractivity contribution in [2.45, 2.75) is 19.4 Å². The number of halogens is 2. The van der Waals surface area contributed by atoms with Gasteiger partial charge in [-0.1, -0.05) is 11.2 Å². The van der Waals surface area contributed by atoms with E-state index in [0.29, 0.717) is 36.2 Å². The number of anilines is 2. The summed E-state index contributed by atoms with van der Waals surface area (Å²) in [6.07, 6.45) is 2.39. The highest BCUT2D eigenvalue weighted by atomic mass is 19.1. The Morgan fingerprint density at radius 2 is 2.00 bits per heavy atom. The Labute approximate surface area is 148 Å². The van der Waals surface area contributed by atoms with E-state index in [0.717, 1.165) is 6.42 Å². The van der Waals surface area contributed by atoms with Crippen LogP contribution in [-0.4, -0.2) is 34.3 Å². The average Bonchev–Trinajstić information content (AvgIpc) is 3.25. The van der Waals surface area contributed by atoms with Gasteiger partial charge in [-0.3, -0.25) is 0 Å². The normalized spacial score (nSPS) is 16.9. The van der Waals surface area contributed by atoms with Crippen LogP contribution in [0.25, 0.3) is 11.5 Å². The molecular weight excluding hydrogens is 340 g/mol. The van der Waals surface area contributed by atoms with Crippen molar-refractivity contribution in [2.75, 3.05) is 23.3 Å². The molecule has 3 aromatic rings. The first kappa shape index (κ1) is 16.4. The number of aryl methyl sites for hydroxylation is 1. The van der Waals surface area contributed by atoms with Crippen LogP contribution in [0.3, 0.4) is 0 Å². The van der Waals surface area contributed by atoms with Crippen LogP contribution in [0.2, 0.25) is 0 Å². The monoisotopic (exact) mass is 357 g/mol. The highest BCUT2D eigenvalue weighted by molar-refractivity contribution is 5.69. The Morgan fingerprint density at radius 1 is 1.19 bits per heavy atom. The van der Waals surface area contributed by atoms with Gasteiger partial charge in [0.1, 0.15) is 23.1 Å². The maximum atomic E-state index is 14.0. The van der Waals surface area contributed by atoms with Crippen LogP contribution in [-0.2, 0) is 0 Å². The molecule has 0 amide bonds. The van der Waals surface area contributed by atoms with E-state index in [1.54, 1.807) is 24.1 Å². The number of nitrogens with one attached hydrogen (secondary N) is 1. The van der Waals surface area contributed by atoms with E-state index in [1.807, 2.05) is 6.07 Å². The molecule has 1 aliphatic rings. The number of pyridine rings is 1. The van der Waals surface area contributed by atoms with Gasteiger partial charge in [0.05, 0.1) is 5.56 Å². The molecule has 134 valence electrons. The van der Waals surface area contributed by atoms with Gasteiger partial charge in [-0.15, -0.1) is 0 Å². The van der Waals surface area contributed by atoms with Crippen LogP contribution in [0.5, 0.6) is 0 Å². The van der Waals surface area contributed by atoms with Crippen molar-refractivity contribution in [3.8, 4) is 11.5 Å². The van der Waals surface area contributed by atoms with E-state index in [9.17, 15) is 8.78 Å². The lowest BCUT2D eigenvalue weighted by Gasteiger charge is -2.20. The Morgan fingerprint density at radius 3 is 2.73 bits per heavy atom. The maximum Gasteiger partial charge on any atom is 0.261 e. The number of aromatic nitrogens is 3. The summed E-state index contributed by atoms with van der Waals surface area (Å²) in [7, 11) is 0. The number of benzene rings is 1. The van der Waals surface area contributed by atoms with E-state index in [-0.39, 0.29) is 11.7 Å². The zero-order valence-electron chi connectivity index (χ0n) is 14.1. The van der Waals surface area contributed by atoms with Crippen molar-refractivity contribution < 1.29 is 13.3 Å². The molecule has 8 heteroatoms. The molecule has 3 heterocycles. The highest BCUT2D eigenvalue weighted by Crippen LogP contribution is 2.30. The molecule has 0 unspecified atom stereocenters. The van der Waals surface area contributed by atoms with Crippen LogP contribution in [0.4, 0.5) is 20.3 Å². The van der Waals surface area contributed by atoms with E-state index < -0.39 is 11.6 Å². The van der Waals surface area contributed by atoms with E-state index in [4.69, 9.17) is 4.52 Å². The van der Waals surface area contributed by atoms with E-state index >= 15 is 0 Å². The molecule has 1 fully saturated rings. The first-order valence-electron chi connectivity index (χ1n) is 8.33. The molecule has 1 aliphatic heterocycles. The molecule has 4 rings (SSSR count). The zero-order valence-corrected chi connectivity index (χ0v) is 14.1. The van der Waals surface area contributed by atoms with E-state index in [2.05, 4.69) is 20.4 Å². The second-order valence-electron chi connectivity index (χ2n) is 6.19. The Kier molecular flexibility index (Phi) is 4.24. The molecular formula is C18H17F2N5O. The van der Waals surface area contributed by atoms with Crippen molar-refractivity contribution in [1.29, 1.82) is 0 Å². The maximum absolute atomic E-state index is 14.0. The second-order valence-corrected chi connectivity index (χ2v) is 6.19. The Balaban J connectivity index is 1.53. The SMILES string of the molecule is Cc1noc(-c2cccnc2N[C@H]2CCN(c3c(F)cccc3F)C2)n1. The van der Waals surface area contributed by atoms with E-state index in [1.165, 1.54) is 18.2 Å². The zero-order chi connectivity index (χ0) is 18.1. The Hall–Kier alpha value is -3.03. The van der Waals surface area contributed by atoms with Crippen molar-refractivity contribution in [3.63, 3.8) is 0 Å². The Bertz CT molecular complexity index is 909. The molecule has 0 saturated carbocycles. The van der Waals surface area contributed by atoms with Gasteiger partial charge in [0, 0.05) is 25.3 Å². The average molecular weight is 357 g/mol. The van der Waals surface area contributed by atoms with Crippen molar-refractivity contribution in [3.05, 3.63) is 54.0 Å². The summed E-state index contributed by atoms with van der Waals surface area (Å²) in [4.78, 5) is 10.3. The van der Waals surface area contributed by atoms with Crippen LogP contribution >= 0.6 is 0 Å². The third kappa shape index (κ3) is 3.10. The van der Waals surface area contributed by atoms with Crippen LogP contribution < -0.4 is 10.2 Å².